The summed E-state index contributed by atoms with van der Waals surface area (Å²) < 4.78 is 0.839. The van der Waals surface area contributed by atoms with E-state index in [2.05, 4.69) is 48.8 Å². The predicted octanol–water partition coefficient (Wildman–Crippen LogP) is 5.30. The smallest absolute Gasteiger partial charge is 0.0932 e. The lowest BCUT2D eigenvalue weighted by Crippen LogP contribution is -2.04. The van der Waals surface area contributed by atoms with Crippen LogP contribution in [0, 0.1) is 0 Å². The first-order valence-electron chi connectivity index (χ1n) is 5.35. The molecular formula is C13H14ClNS2. The SMILES string of the molecule is CSc1cccc(NC(C)c2ccc(Cl)s2)c1. The lowest BCUT2D eigenvalue weighted by atomic mass is 10.2. The molecule has 1 nitrogen and oxygen atoms in total. The van der Waals surface area contributed by atoms with E-state index in [0.717, 1.165) is 10.0 Å². The Labute approximate surface area is 115 Å². The highest BCUT2D eigenvalue weighted by Gasteiger charge is 2.08. The van der Waals surface area contributed by atoms with Crippen LogP contribution in [-0.2, 0) is 0 Å². The minimum absolute atomic E-state index is 0.282. The van der Waals surface area contributed by atoms with Gasteiger partial charge in [0.05, 0.1) is 10.4 Å². The monoisotopic (exact) mass is 283 g/mol. The lowest BCUT2D eigenvalue weighted by molar-refractivity contribution is 0.907. The van der Waals surface area contributed by atoms with E-state index in [-0.39, 0.29) is 6.04 Å². The minimum Gasteiger partial charge on any atom is -0.378 e. The molecule has 1 N–H and O–H groups in total. The van der Waals surface area contributed by atoms with Gasteiger partial charge < -0.3 is 5.32 Å². The molecule has 0 fully saturated rings. The summed E-state index contributed by atoms with van der Waals surface area (Å²) in [5.41, 5.74) is 1.15. The first-order valence-corrected chi connectivity index (χ1v) is 7.77. The van der Waals surface area contributed by atoms with Gasteiger partial charge in [0.25, 0.3) is 0 Å². The van der Waals surface area contributed by atoms with E-state index < -0.39 is 0 Å². The molecule has 4 heteroatoms. The summed E-state index contributed by atoms with van der Waals surface area (Å²) in [6.45, 7) is 2.15. The van der Waals surface area contributed by atoms with Gasteiger partial charge in [0.15, 0.2) is 0 Å². The highest BCUT2D eigenvalue weighted by atomic mass is 35.5. The van der Waals surface area contributed by atoms with Crippen LogP contribution < -0.4 is 5.32 Å². The fourth-order valence-corrected chi connectivity index (χ4v) is 3.12. The van der Waals surface area contributed by atoms with Crippen molar-refractivity contribution >= 4 is 40.4 Å². The number of hydrogen-bond acceptors (Lipinski definition) is 3. The van der Waals surface area contributed by atoms with Crippen LogP contribution in [0.4, 0.5) is 5.69 Å². The Bertz CT molecular complexity index is 496. The Morgan fingerprint density at radius 1 is 1.29 bits per heavy atom. The summed E-state index contributed by atoms with van der Waals surface area (Å²) in [6, 6.07) is 12.7. The molecule has 0 amide bonds. The maximum atomic E-state index is 5.94. The molecule has 0 saturated heterocycles. The molecule has 0 bridgehead atoms. The number of benzene rings is 1. The second-order valence-electron chi connectivity index (χ2n) is 3.74. The molecule has 0 saturated carbocycles. The fourth-order valence-electron chi connectivity index (χ4n) is 1.59. The standard InChI is InChI=1S/C13H14ClNS2/c1-9(12-6-7-13(14)17-12)15-10-4-3-5-11(8-10)16-2/h3-9,15H,1-2H3. The van der Waals surface area contributed by atoms with Crippen LogP contribution in [0.2, 0.25) is 4.34 Å². The van der Waals surface area contributed by atoms with Crippen molar-refractivity contribution < 1.29 is 0 Å². The Balaban J connectivity index is 2.09. The van der Waals surface area contributed by atoms with Crippen molar-refractivity contribution in [3.05, 3.63) is 45.6 Å². The third-order valence-electron chi connectivity index (χ3n) is 2.47. The van der Waals surface area contributed by atoms with Gasteiger partial charge in [0, 0.05) is 15.5 Å². The molecule has 90 valence electrons. The van der Waals surface area contributed by atoms with E-state index in [1.807, 2.05) is 6.07 Å². The third-order valence-corrected chi connectivity index (χ3v) is 4.61. The third kappa shape index (κ3) is 3.41. The summed E-state index contributed by atoms with van der Waals surface area (Å²) in [5.74, 6) is 0. The van der Waals surface area contributed by atoms with Crippen LogP contribution in [0.3, 0.4) is 0 Å². The minimum atomic E-state index is 0.282. The van der Waals surface area contributed by atoms with Gasteiger partial charge in [-0.05, 0) is 43.5 Å². The fraction of sp³-hybridized carbons (Fsp3) is 0.231. The van der Waals surface area contributed by atoms with Crippen molar-refractivity contribution in [3.8, 4) is 0 Å². The molecule has 17 heavy (non-hydrogen) atoms. The molecule has 1 aromatic heterocycles. The maximum absolute atomic E-state index is 5.94. The van der Waals surface area contributed by atoms with Gasteiger partial charge in [-0.25, -0.2) is 0 Å². The summed E-state index contributed by atoms with van der Waals surface area (Å²) in [5, 5.41) is 3.48. The van der Waals surface area contributed by atoms with E-state index in [1.54, 1.807) is 23.1 Å². The molecular weight excluding hydrogens is 270 g/mol. The van der Waals surface area contributed by atoms with Gasteiger partial charge in [0.1, 0.15) is 0 Å². The van der Waals surface area contributed by atoms with E-state index in [0.29, 0.717) is 0 Å². The summed E-state index contributed by atoms with van der Waals surface area (Å²) in [7, 11) is 0. The Morgan fingerprint density at radius 3 is 2.76 bits per heavy atom. The van der Waals surface area contributed by atoms with E-state index in [1.165, 1.54) is 9.77 Å². The second kappa shape index (κ2) is 5.80. The largest absolute Gasteiger partial charge is 0.378 e. The van der Waals surface area contributed by atoms with Crippen LogP contribution in [0.1, 0.15) is 17.8 Å². The zero-order valence-electron chi connectivity index (χ0n) is 9.74. The zero-order valence-corrected chi connectivity index (χ0v) is 12.1. The zero-order chi connectivity index (χ0) is 12.3. The number of anilines is 1. The highest BCUT2D eigenvalue weighted by Crippen LogP contribution is 2.29. The molecule has 2 aromatic rings. The molecule has 1 aromatic carbocycles. The van der Waals surface area contributed by atoms with Crippen molar-refractivity contribution in [1.29, 1.82) is 0 Å². The van der Waals surface area contributed by atoms with Crippen molar-refractivity contribution in [2.24, 2.45) is 0 Å². The molecule has 2 rings (SSSR count). The van der Waals surface area contributed by atoms with Crippen molar-refractivity contribution in [2.45, 2.75) is 17.9 Å². The molecule has 0 spiro atoms. The molecule has 0 aliphatic heterocycles. The second-order valence-corrected chi connectivity index (χ2v) is 6.37. The Hall–Kier alpha value is -0.640. The van der Waals surface area contributed by atoms with Gasteiger partial charge in [0.2, 0.25) is 0 Å². The normalized spacial score (nSPS) is 12.4. The molecule has 1 heterocycles. The van der Waals surface area contributed by atoms with Crippen LogP contribution in [0.25, 0.3) is 0 Å². The van der Waals surface area contributed by atoms with Gasteiger partial charge in [-0.1, -0.05) is 17.7 Å². The van der Waals surface area contributed by atoms with E-state index in [9.17, 15) is 0 Å². The number of thiophene rings is 1. The quantitative estimate of drug-likeness (QED) is 0.765. The summed E-state index contributed by atoms with van der Waals surface area (Å²) in [6.07, 6.45) is 2.08. The molecule has 0 aliphatic rings. The van der Waals surface area contributed by atoms with Crippen LogP contribution in [-0.4, -0.2) is 6.26 Å². The van der Waals surface area contributed by atoms with Gasteiger partial charge in [-0.3, -0.25) is 0 Å². The number of nitrogens with one attached hydrogen (secondary N) is 1. The van der Waals surface area contributed by atoms with Gasteiger partial charge in [-0.2, -0.15) is 0 Å². The number of hydrogen-bond donors (Lipinski definition) is 1. The molecule has 1 unspecified atom stereocenters. The topological polar surface area (TPSA) is 12.0 Å². The first-order chi connectivity index (χ1) is 8.19. The number of thioether (sulfide) groups is 1. The molecule has 1 atom stereocenters. The maximum Gasteiger partial charge on any atom is 0.0932 e. The van der Waals surface area contributed by atoms with Crippen LogP contribution in [0.15, 0.2) is 41.3 Å². The number of rotatable bonds is 4. The van der Waals surface area contributed by atoms with Crippen molar-refractivity contribution in [3.63, 3.8) is 0 Å². The van der Waals surface area contributed by atoms with E-state index in [4.69, 9.17) is 11.6 Å². The highest BCUT2D eigenvalue weighted by molar-refractivity contribution is 7.98. The van der Waals surface area contributed by atoms with Crippen molar-refractivity contribution in [2.75, 3.05) is 11.6 Å². The van der Waals surface area contributed by atoms with Crippen molar-refractivity contribution in [1.82, 2.24) is 0 Å². The molecule has 0 radical (unpaired) electrons. The van der Waals surface area contributed by atoms with Gasteiger partial charge >= 0.3 is 0 Å². The van der Waals surface area contributed by atoms with Crippen LogP contribution in [0.5, 0.6) is 0 Å². The number of halogens is 1. The average molecular weight is 284 g/mol. The Kier molecular flexibility index (Phi) is 4.37. The van der Waals surface area contributed by atoms with Crippen LogP contribution >= 0.6 is 34.7 Å². The summed E-state index contributed by atoms with van der Waals surface area (Å²) in [4.78, 5) is 2.52. The predicted molar refractivity (Wildman–Crippen MR) is 79.6 cm³/mol. The molecule has 0 aliphatic carbocycles. The average Bonchev–Trinajstić information content (AvgIpc) is 2.76. The first kappa shape index (κ1) is 12.8. The Morgan fingerprint density at radius 2 is 2.12 bits per heavy atom. The lowest BCUT2D eigenvalue weighted by Gasteiger charge is -2.14. The van der Waals surface area contributed by atoms with E-state index >= 15 is 0 Å². The summed E-state index contributed by atoms with van der Waals surface area (Å²) >= 11 is 9.32. The van der Waals surface area contributed by atoms with Gasteiger partial charge in [-0.15, -0.1) is 23.1 Å².